The van der Waals surface area contributed by atoms with Gasteiger partial charge in [-0.2, -0.15) is 5.26 Å². The van der Waals surface area contributed by atoms with Gasteiger partial charge in [0.15, 0.2) is 0 Å². The van der Waals surface area contributed by atoms with Crippen molar-refractivity contribution in [1.29, 1.82) is 5.26 Å². The number of nitrogens with zero attached hydrogens (tertiary/aromatic N) is 1. The number of benzene rings is 2. The minimum Gasteiger partial charge on any atom is -0.192 e. The molecule has 3 rings (SSSR count). The van der Waals surface area contributed by atoms with Crippen LogP contribution >= 0.6 is 0 Å². The Kier molecular flexibility index (Phi) is 6.29. The van der Waals surface area contributed by atoms with Crippen LogP contribution in [0.25, 0.3) is 0 Å². The number of nitriles is 1. The summed E-state index contributed by atoms with van der Waals surface area (Å²) in [5.74, 6) is 7.98. The van der Waals surface area contributed by atoms with E-state index in [1.54, 1.807) is 12.1 Å². The highest BCUT2D eigenvalue weighted by Gasteiger charge is 2.21. The molecule has 26 heavy (non-hydrogen) atoms. The van der Waals surface area contributed by atoms with Gasteiger partial charge >= 0.3 is 0 Å². The summed E-state index contributed by atoms with van der Waals surface area (Å²) >= 11 is 0. The molecule has 130 valence electrons. The predicted molar refractivity (Wildman–Crippen MR) is 108 cm³/mol. The third-order valence-corrected chi connectivity index (χ3v) is 5.37. The highest BCUT2D eigenvalue weighted by atomic mass is 14.3. The Morgan fingerprint density at radius 1 is 0.846 bits per heavy atom. The number of rotatable bonds is 4. The molecule has 0 aliphatic heterocycles. The van der Waals surface area contributed by atoms with Crippen molar-refractivity contribution in [2.75, 3.05) is 0 Å². The van der Waals surface area contributed by atoms with Crippen molar-refractivity contribution in [1.82, 2.24) is 0 Å². The minimum atomic E-state index is 0.666. The SMILES string of the molecule is C=CCCC1CCC(c2ccc(C#Cc3ccc(C#N)cc3)cc2)CC1. The molecule has 0 atom stereocenters. The molecule has 1 nitrogen and oxygen atoms in total. The Morgan fingerprint density at radius 2 is 1.38 bits per heavy atom. The lowest BCUT2D eigenvalue weighted by Gasteiger charge is -2.28. The van der Waals surface area contributed by atoms with E-state index in [0.29, 0.717) is 11.5 Å². The fraction of sp³-hybridized carbons (Fsp3) is 0.320. The Balaban J connectivity index is 1.58. The molecule has 2 aromatic rings. The van der Waals surface area contributed by atoms with Crippen molar-refractivity contribution in [2.45, 2.75) is 44.4 Å². The van der Waals surface area contributed by atoms with Gasteiger partial charge in [0.2, 0.25) is 0 Å². The van der Waals surface area contributed by atoms with E-state index in [1.807, 2.05) is 18.2 Å². The molecule has 0 amide bonds. The smallest absolute Gasteiger partial charge is 0.0991 e. The second-order valence-corrected chi connectivity index (χ2v) is 7.14. The van der Waals surface area contributed by atoms with Crippen molar-refractivity contribution in [3.05, 3.63) is 83.4 Å². The molecule has 2 aromatic carbocycles. The third-order valence-electron chi connectivity index (χ3n) is 5.37. The fourth-order valence-corrected chi connectivity index (χ4v) is 3.75. The van der Waals surface area contributed by atoms with Crippen LogP contribution in [0.4, 0.5) is 0 Å². The van der Waals surface area contributed by atoms with E-state index in [9.17, 15) is 0 Å². The molecule has 1 aliphatic rings. The molecule has 0 aromatic heterocycles. The van der Waals surface area contributed by atoms with Gasteiger partial charge in [-0.25, -0.2) is 0 Å². The first-order valence-electron chi connectivity index (χ1n) is 9.51. The number of allylic oxidation sites excluding steroid dienone is 1. The van der Waals surface area contributed by atoms with E-state index in [-0.39, 0.29) is 0 Å². The molecule has 0 N–H and O–H groups in total. The fourth-order valence-electron chi connectivity index (χ4n) is 3.75. The maximum Gasteiger partial charge on any atom is 0.0991 e. The van der Waals surface area contributed by atoms with Gasteiger partial charge in [0.05, 0.1) is 11.6 Å². The van der Waals surface area contributed by atoms with Gasteiger partial charge in [-0.05, 0) is 92.3 Å². The summed E-state index contributed by atoms with van der Waals surface area (Å²) in [4.78, 5) is 0. The summed E-state index contributed by atoms with van der Waals surface area (Å²) in [5, 5.41) is 8.83. The summed E-state index contributed by atoms with van der Waals surface area (Å²) < 4.78 is 0. The Hall–Kier alpha value is -2.77. The summed E-state index contributed by atoms with van der Waals surface area (Å²) in [6.07, 6.45) is 9.80. The maximum atomic E-state index is 8.83. The minimum absolute atomic E-state index is 0.666. The van der Waals surface area contributed by atoms with Crippen molar-refractivity contribution in [2.24, 2.45) is 5.92 Å². The van der Waals surface area contributed by atoms with Crippen LogP contribution in [-0.2, 0) is 0 Å². The molecule has 0 radical (unpaired) electrons. The number of hydrogen-bond acceptors (Lipinski definition) is 1. The molecule has 0 spiro atoms. The highest BCUT2D eigenvalue weighted by molar-refractivity contribution is 5.45. The van der Waals surface area contributed by atoms with Crippen LogP contribution in [0.15, 0.2) is 61.2 Å². The summed E-state index contributed by atoms with van der Waals surface area (Å²) in [7, 11) is 0. The van der Waals surface area contributed by atoms with Crippen molar-refractivity contribution < 1.29 is 0 Å². The van der Waals surface area contributed by atoms with Gasteiger partial charge in [0.25, 0.3) is 0 Å². The first-order chi connectivity index (χ1) is 12.8. The molecule has 0 saturated heterocycles. The van der Waals surface area contributed by atoms with Gasteiger partial charge in [0.1, 0.15) is 0 Å². The molecular formula is C25H25N. The van der Waals surface area contributed by atoms with E-state index in [1.165, 1.54) is 37.7 Å². The van der Waals surface area contributed by atoms with Gasteiger partial charge in [-0.3, -0.25) is 0 Å². The van der Waals surface area contributed by atoms with Crippen LogP contribution in [0.5, 0.6) is 0 Å². The van der Waals surface area contributed by atoms with Gasteiger partial charge in [0, 0.05) is 11.1 Å². The average molecular weight is 339 g/mol. The van der Waals surface area contributed by atoms with E-state index in [0.717, 1.165) is 23.5 Å². The summed E-state index contributed by atoms with van der Waals surface area (Å²) in [5.41, 5.74) is 4.10. The zero-order valence-corrected chi connectivity index (χ0v) is 15.2. The lowest BCUT2D eigenvalue weighted by atomic mass is 9.77. The van der Waals surface area contributed by atoms with E-state index >= 15 is 0 Å². The first kappa shape index (κ1) is 18.0. The van der Waals surface area contributed by atoms with E-state index in [2.05, 4.69) is 48.8 Å². The zero-order valence-electron chi connectivity index (χ0n) is 15.2. The molecule has 1 fully saturated rings. The quantitative estimate of drug-likeness (QED) is 0.481. The molecule has 1 saturated carbocycles. The predicted octanol–water partition coefficient (Wildman–Crippen LogP) is 6.20. The molecule has 1 aliphatic carbocycles. The van der Waals surface area contributed by atoms with Crippen LogP contribution in [0.2, 0.25) is 0 Å². The van der Waals surface area contributed by atoms with Crippen LogP contribution in [0.3, 0.4) is 0 Å². The van der Waals surface area contributed by atoms with E-state index in [4.69, 9.17) is 5.26 Å². The number of hydrogen-bond donors (Lipinski definition) is 0. The van der Waals surface area contributed by atoms with Gasteiger partial charge < -0.3 is 0 Å². The molecule has 0 bridgehead atoms. The van der Waals surface area contributed by atoms with Gasteiger partial charge in [-0.1, -0.05) is 30.0 Å². The monoisotopic (exact) mass is 339 g/mol. The largest absolute Gasteiger partial charge is 0.192 e. The van der Waals surface area contributed by atoms with Crippen molar-refractivity contribution >= 4 is 0 Å². The second kappa shape index (κ2) is 9.07. The Labute approximate surface area is 157 Å². The molecule has 1 heteroatoms. The maximum absolute atomic E-state index is 8.83. The topological polar surface area (TPSA) is 23.8 Å². The van der Waals surface area contributed by atoms with Crippen molar-refractivity contribution in [3.63, 3.8) is 0 Å². The van der Waals surface area contributed by atoms with E-state index < -0.39 is 0 Å². The highest BCUT2D eigenvalue weighted by Crippen LogP contribution is 2.37. The van der Waals surface area contributed by atoms with Crippen molar-refractivity contribution in [3.8, 4) is 17.9 Å². The van der Waals surface area contributed by atoms with Crippen LogP contribution in [0, 0.1) is 29.1 Å². The third kappa shape index (κ3) is 4.87. The van der Waals surface area contributed by atoms with Crippen LogP contribution in [-0.4, -0.2) is 0 Å². The standard InChI is InChI=1S/C25H25N/c1-2-3-4-20-11-15-24(16-12-20)25-17-13-22(14-18-25)6-5-21-7-9-23(19-26)10-8-21/h2,7-10,13-14,17-18,20,24H,1,3-4,11-12,15-16H2. The lowest BCUT2D eigenvalue weighted by Crippen LogP contribution is -2.13. The zero-order chi connectivity index (χ0) is 18.2. The second-order valence-electron chi connectivity index (χ2n) is 7.14. The Bertz CT molecular complexity index is 817. The molecule has 0 unspecified atom stereocenters. The summed E-state index contributed by atoms with van der Waals surface area (Å²) in [6.45, 7) is 3.83. The van der Waals surface area contributed by atoms with Crippen LogP contribution in [0.1, 0.15) is 66.7 Å². The molecule has 0 heterocycles. The lowest BCUT2D eigenvalue weighted by molar-refractivity contribution is 0.312. The summed E-state index contributed by atoms with van der Waals surface area (Å²) in [6, 6.07) is 18.3. The molecular weight excluding hydrogens is 314 g/mol. The normalized spacial score (nSPS) is 19.0. The van der Waals surface area contributed by atoms with Gasteiger partial charge in [-0.15, -0.1) is 6.58 Å². The average Bonchev–Trinajstić information content (AvgIpc) is 2.72. The first-order valence-corrected chi connectivity index (χ1v) is 9.51. The van der Waals surface area contributed by atoms with Crippen LogP contribution < -0.4 is 0 Å². The Morgan fingerprint density at radius 3 is 1.92 bits per heavy atom.